The molecule has 2 N–H and O–H groups in total. The molecule has 1 aromatic rings. The summed E-state index contributed by atoms with van der Waals surface area (Å²) in [6.45, 7) is 3.05. The van der Waals surface area contributed by atoms with Gasteiger partial charge in [-0.1, -0.05) is 6.07 Å². The number of hydrogen-bond acceptors (Lipinski definition) is 3. The maximum atomic E-state index is 11.9. The summed E-state index contributed by atoms with van der Waals surface area (Å²) in [6.07, 6.45) is 2.20. The SMILES string of the molecule is Cc1c(O)cccc1C(=O)NCC1CCCO1. The smallest absolute Gasteiger partial charge is 0.251 e. The second-order valence-corrected chi connectivity index (χ2v) is 4.29. The third kappa shape index (κ3) is 2.77. The van der Waals surface area contributed by atoms with Gasteiger partial charge in [0.05, 0.1) is 6.10 Å². The maximum Gasteiger partial charge on any atom is 0.251 e. The van der Waals surface area contributed by atoms with Crippen LogP contribution >= 0.6 is 0 Å². The van der Waals surface area contributed by atoms with Crippen LogP contribution in [0.5, 0.6) is 5.75 Å². The predicted octanol–water partition coefficient (Wildman–Crippen LogP) is 1.61. The van der Waals surface area contributed by atoms with E-state index in [9.17, 15) is 9.90 Å². The Morgan fingerprint density at radius 2 is 2.41 bits per heavy atom. The molecule has 2 rings (SSSR count). The van der Waals surface area contributed by atoms with Crippen molar-refractivity contribution in [2.45, 2.75) is 25.9 Å². The summed E-state index contributed by atoms with van der Waals surface area (Å²) in [4.78, 5) is 11.9. The van der Waals surface area contributed by atoms with Crippen molar-refractivity contribution in [2.75, 3.05) is 13.2 Å². The van der Waals surface area contributed by atoms with Crippen molar-refractivity contribution in [2.24, 2.45) is 0 Å². The van der Waals surface area contributed by atoms with Crippen LogP contribution in [0, 0.1) is 6.92 Å². The number of phenols is 1. The second kappa shape index (κ2) is 5.19. The second-order valence-electron chi connectivity index (χ2n) is 4.29. The van der Waals surface area contributed by atoms with Crippen LogP contribution in [0.2, 0.25) is 0 Å². The Hall–Kier alpha value is -1.55. The van der Waals surface area contributed by atoms with E-state index in [1.165, 1.54) is 0 Å². The molecule has 1 saturated heterocycles. The van der Waals surface area contributed by atoms with Crippen molar-refractivity contribution in [3.05, 3.63) is 29.3 Å². The Morgan fingerprint density at radius 3 is 3.12 bits per heavy atom. The Kier molecular flexibility index (Phi) is 3.64. The molecule has 0 radical (unpaired) electrons. The minimum Gasteiger partial charge on any atom is -0.508 e. The molecule has 4 nitrogen and oxygen atoms in total. The first kappa shape index (κ1) is 11.9. The summed E-state index contributed by atoms with van der Waals surface area (Å²) in [5.41, 5.74) is 1.13. The molecule has 0 aliphatic carbocycles. The quantitative estimate of drug-likeness (QED) is 0.836. The molecule has 1 aliphatic heterocycles. The molecule has 1 unspecified atom stereocenters. The number of carbonyl (C=O) groups is 1. The van der Waals surface area contributed by atoms with Crippen molar-refractivity contribution in [3.8, 4) is 5.75 Å². The molecular weight excluding hydrogens is 218 g/mol. The van der Waals surface area contributed by atoms with E-state index in [2.05, 4.69) is 5.32 Å². The monoisotopic (exact) mass is 235 g/mol. The lowest BCUT2D eigenvalue weighted by atomic mass is 10.1. The lowest BCUT2D eigenvalue weighted by Gasteiger charge is -2.12. The molecule has 1 heterocycles. The highest BCUT2D eigenvalue weighted by Crippen LogP contribution is 2.19. The van der Waals surface area contributed by atoms with Crippen LogP contribution in [-0.2, 0) is 4.74 Å². The third-order valence-electron chi connectivity index (χ3n) is 3.06. The molecule has 1 atom stereocenters. The summed E-state index contributed by atoms with van der Waals surface area (Å²) < 4.78 is 5.43. The standard InChI is InChI=1S/C13H17NO3/c1-9-11(5-2-6-12(9)15)13(16)14-8-10-4-3-7-17-10/h2,5-6,10,15H,3-4,7-8H2,1H3,(H,14,16). The largest absolute Gasteiger partial charge is 0.508 e. The zero-order chi connectivity index (χ0) is 12.3. The number of hydrogen-bond donors (Lipinski definition) is 2. The van der Waals surface area contributed by atoms with Gasteiger partial charge < -0.3 is 15.2 Å². The van der Waals surface area contributed by atoms with Crippen LogP contribution in [-0.4, -0.2) is 30.3 Å². The minimum atomic E-state index is -0.158. The van der Waals surface area contributed by atoms with Crippen LogP contribution in [0.25, 0.3) is 0 Å². The first-order chi connectivity index (χ1) is 8.18. The molecule has 17 heavy (non-hydrogen) atoms. The van der Waals surface area contributed by atoms with Crippen molar-refractivity contribution in [3.63, 3.8) is 0 Å². The van der Waals surface area contributed by atoms with E-state index in [4.69, 9.17) is 4.74 Å². The van der Waals surface area contributed by atoms with Gasteiger partial charge in [0.15, 0.2) is 0 Å². The number of rotatable bonds is 3. The lowest BCUT2D eigenvalue weighted by molar-refractivity contribution is 0.0857. The van der Waals surface area contributed by atoms with Crippen molar-refractivity contribution in [1.29, 1.82) is 0 Å². The fraction of sp³-hybridized carbons (Fsp3) is 0.462. The van der Waals surface area contributed by atoms with E-state index in [0.29, 0.717) is 17.7 Å². The van der Waals surface area contributed by atoms with E-state index >= 15 is 0 Å². The zero-order valence-corrected chi connectivity index (χ0v) is 9.90. The highest BCUT2D eigenvalue weighted by molar-refractivity contribution is 5.96. The maximum absolute atomic E-state index is 11.9. The molecule has 92 valence electrons. The number of amides is 1. The Morgan fingerprint density at radius 1 is 1.59 bits per heavy atom. The first-order valence-corrected chi connectivity index (χ1v) is 5.87. The molecule has 1 amide bonds. The van der Waals surface area contributed by atoms with E-state index < -0.39 is 0 Å². The molecule has 1 aliphatic rings. The molecule has 0 bridgehead atoms. The van der Waals surface area contributed by atoms with Gasteiger partial charge in [0.25, 0.3) is 5.91 Å². The molecule has 4 heteroatoms. The van der Waals surface area contributed by atoms with E-state index in [0.717, 1.165) is 19.4 Å². The van der Waals surface area contributed by atoms with Gasteiger partial charge in [-0.15, -0.1) is 0 Å². The Balaban J connectivity index is 1.97. The summed E-state index contributed by atoms with van der Waals surface area (Å²) >= 11 is 0. The summed E-state index contributed by atoms with van der Waals surface area (Å²) in [6, 6.07) is 4.95. The first-order valence-electron chi connectivity index (χ1n) is 5.87. The van der Waals surface area contributed by atoms with E-state index in [1.807, 2.05) is 0 Å². The number of aromatic hydroxyl groups is 1. The molecular formula is C13H17NO3. The normalized spacial score (nSPS) is 19.2. The number of benzene rings is 1. The molecule has 1 fully saturated rings. The number of nitrogens with one attached hydrogen (secondary N) is 1. The van der Waals surface area contributed by atoms with Crippen molar-refractivity contribution in [1.82, 2.24) is 5.32 Å². The lowest BCUT2D eigenvalue weighted by Crippen LogP contribution is -2.32. The molecule has 0 aromatic heterocycles. The summed E-state index contributed by atoms with van der Waals surface area (Å²) in [5.74, 6) is -0.0105. The van der Waals surface area contributed by atoms with Gasteiger partial charge in [-0.2, -0.15) is 0 Å². The van der Waals surface area contributed by atoms with Gasteiger partial charge >= 0.3 is 0 Å². The van der Waals surface area contributed by atoms with Crippen LogP contribution in [0.15, 0.2) is 18.2 Å². The minimum absolute atomic E-state index is 0.136. The average molecular weight is 235 g/mol. The Labute approximate surface area is 101 Å². The van der Waals surface area contributed by atoms with Gasteiger partial charge in [0.1, 0.15) is 5.75 Å². The number of ether oxygens (including phenoxy) is 1. The summed E-state index contributed by atoms with van der Waals surface area (Å²) in [5, 5.41) is 12.4. The van der Waals surface area contributed by atoms with Crippen molar-refractivity contribution < 1.29 is 14.6 Å². The average Bonchev–Trinajstić information content (AvgIpc) is 2.82. The van der Waals surface area contributed by atoms with Crippen LogP contribution in [0.1, 0.15) is 28.8 Å². The van der Waals surface area contributed by atoms with Crippen LogP contribution < -0.4 is 5.32 Å². The fourth-order valence-electron chi connectivity index (χ4n) is 1.98. The Bertz CT molecular complexity index is 411. The van der Waals surface area contributed by atoms with Gasteiger partial charge in [-0.05, 0) is 31.9 Å². The van der Waals surface area contributed by atoms with E-state index in [1.54, 1.807) is 25.1 Å². The van der Waals surface area contributed by atoms with Gasteiger partial charge in [0.2, 0.25) is 0 Å². The topological polar surface area (TPSA) is 58.6 Å². The van der Waals surface area contributed by atoms with E-state index in [-0.39, 0.29) is 17.8 Å². The third-order valence-corrected chi connectivity index (χ3v) is 3.06. The highest BCUT2D eigenvalue weighted by atomic mass is 16.5. The summed E-state index contributed by atoms with van der Waals surface area (Å²) in [7, 11) is 0. The van der Waals surface area contributed by atoms with Crippen molar-refractivity contribution >= 4 is 5.91 Å². The van der Waals surface area contributed by atoms with Crippen LogP contribution in [0.3, 0.4) is 0 Å². The molecule has 1 aromatic carbocycles. The zero-order valence-electron chi connectivity index (χ0n) is 9.90. The highest BCUT2D eigenvalue weighted by Gasteiger charge is 2.17. The number of carbonyl (C=O) groups excluding carboxylic acids is 1. The molecule has 0 spiro atoms. The van der Waals surface area contributed by atoms with Crippen LogP contribution in [0.4, 0.5) is 0 Å². The fourth-order valence-corrected chi connectivity index (χ4v) is 1.98. The number of phenolic OH excluding ortho intramolecular Hbond substituents is 1. The van der Waals surface area contributed by atoms with Gasteiger partial charge in [-0.3, -0.25) is 4.79 Å². The van der Waals surface area contributed by atoms with Gasteiger partial charge in [-0.25, -0.2) is 0 Å². The molecule has 0 saturated carbocycles. The van der Waals surface area contributed by atoms with Gasteiger partial charge in [0, 0.05) is 24.3 Å². The predicted molar refractivity (Wildman–Crippen MR) is 64.2 cm³/mol.